The SMILES string of the molecule is CC(Cl)(CCl)C(=O)NC(N)=O. The monoisotopic (exact) mass is 198 g/mol. The van der Waals surface area contributed by atoms with Gasteiger partial charge >= 0.3 is 6.03 Å². The first-order valence-corrected chi connectivity index (χ1v) is 3.67. The molecule has 0 aromatic carbocycles. The molecule has 64 valence electrons. The highest BCUT2D eigenvalue weighted by Crippen LogP contribution is 2.15. The molecule has 0 radical (unpaired) electrons. The lowest BCUT2D eigenvalue weighted by Gasteiger charge is -2.15. The zero-order valence-electron chi connectivity index (χ0n) is 5.86. The summed E-state index contributed by atoms with van der Waals surface area (Å²) in [6.07, 6.45) is 0. The van der Waals surface area contributed by atoms with Crippen LogP contribution in [-0.2, 0) is 4.79 Å². The third-order valence-electron chi connectivity index (χ3n) is 0.961. The smallest absolute Gasteiger partial charge is 0.318 e. The molecule has 1 atom stereocenters. The van der Waals surface area contributed by atoms with Crippen molar-refractivity contribution in [2.75, 3.05) is 5.88 Å². The van der Waals surface area contributed by atoms with E-state index in [-0.39, 0.29) is 5.88 Å². The molecule has 0 aliphatic carbocycles. The molecule has 1 unspecified atom stereocenters. The Kier molecular flexibility index (Phi) is 3.62. The lowest BCUT2D eigenvalue weighted by atomic mass is 10.2. The van der Waals surface area contributed by atoms with Crippen molar-refractivity contribution in [1.82, 2.24) is 5.32 Å². The number of nitrogens with two attached hydrogens (primary N) is 1. The van der Waals surface area contributed by atoms with Gasteiger partial charge in [-0.3, -0.25) is 10.1 Å². The first kappa shape index (κ1) is 10.5. The molecule has 0 fully saturated rings. The fraction of sp³-hybridized carbons (Fsp3) is 0.600. The lowest BCUT2D eigenvalue weighted by molar-refractivity contribution is -0.121. The molecule has 0 saturated heterocycles. The summed E-state index contributed by atoms with van der Waals surface area (Å²) in [5, 5.41) is 1.82. The minimum Gasteiger partial charge on any atom is -0.351 e. The van der Waals surface area contributed by atoms with Crippen molar-refractivity contribution in [1.29, 1.82) is 0 Å². The number of urea groups is 1. The number of halogens is 2. The van der Waals surface area contributed by atoms with E-state index >= 15 is 0 Å². The lowest BCUT2D eigenvalue weighted by Crippen LogP contribution is -2.46. The van der Waals surface area contributed by atoms with Crippen molar-refractivity contribution in [2.45, 2.75) is 11.8 Å². The number of carbonyl (C=O) groups excluding carboxylic acids is 2. The number of rotatable bonds is 2. The second kappa shape index (κ2) is 3.78. The number of alkyl halides is 2. The van der Waals surface area contributed by atoms with Crippen LogP contribution in [0.5, 0.6) is 0 Å². The second-order valence-corrected chi connectivity index (χ2v) is 3.25. The molecule has 0 heterocycles. The van der Waals surface area contributed by atoms with Crippen LogP contribution >= 0.6 is 23.2 Å². The highest BCUT2D eigenvalue weighted by Gasteiger charge is 2.30. The van der Waals surface area contributed by atoms with Crippen molar-refractivity contribution in [2.24, 2.45) is 5.73 Å². The van der Waals surface area contributed by atoms with E-state index in [0.29, 0.717) is 0 Å². The van der Waals surface area contributed by atoms with Crippen molar-refractivity contribution in [3.05, 3.63) is 0 Å². The van der Waals surface area contributed by atoms with E-state index in [2.05, 4.69) is 5.73 Å². The number of primary amides is 1. The highest BCUT2D eigenvalue weighted by atomic mass is 35.5. The van der Waals surface area contributed by atoms with Gasteiger partial charge < -0.3 is 5.73 Å². The maximum atomic E-state index is 10.9. The minimum absolute atomic E-state index is 0.0896. The van der Waals surface area contributed by atoms with Crippen molar-refractivity contribution in [3.63, 3.8) is 0 Å². The van der Waals surface area contributed by atoms with Crippen LogP contribution in [0.4, 0.5) is 4.79 Å². The number of hydrogen-bond acceptors (Lipinski definition) is 2. The van der Waals surface area contributed by atoms with Crippen LogP contribution in [0.1, 0.15) is 6.92 Å². The van der Waals surface area contributed by atoms with Crippen LogP contribution in [0, 0.1) is 0 Å². The van der Waals surface area contributed by atoms with E-state index in [0.717, 1.165) is 0 Å². The van der Waals surface area contributed by atoms with Crippen LogP contribution in [0.15, 0.2) is 0 Å². The third-order valence-corrected chi connectivity index (χ3v) is 1.94. The summed E-state index contributed by atoms with van der Waals surface area (Å²) in [7, 11) is 0. The fourth-order valence-corrected chi connectivity index (χ4v) is 0.472. The number of imide groups is 1. The van der Waals surface area contributed by atoms with E-state index in [1.165, 1.54) is 6.92 Å². The van der Waals surface area contributed by atoms with Gasteiger partial charge in [0.25, 0.3) is 0 Å². The Morgan fingerprint density at radius 2 is 2.09 bits per heavy atom. The number of nitrogens with one attached hydrogen (secondary N) is 1. The quantitative estimate of drug-likeness (QED) is 0.632. The van der Waals surface area contributed by atoms with Crippen molar-refractivity contribution >= 4 is 35.1 Å². The standard InChI is InChI=1S/C5H8Cl2N2O2/c1-5(7,2-6)3(10)9-4(8)11/h2H2,1H3,(H3,8,9,10,11). The zero-order valence-corrected chi connectivity index (χ0v) is 7.37. The van der Waals surface area contributed by atoms with Gasteiger partial charge in [-0.25, -0.2) is 4.79 Å². The van der Waals surface area contributed by atoms with Gasteiger partial charge in [0.15, 0.2) is 0 Å². The van der Waals surface area contributed by atoms with Gasteiger partial charge in [0.05, 0.1) is 5.88 Å². The summed E-state index contributed by atoms with van der Waals surface area (Å²) in [6, 6.07) is -0.938. The van der Waals surface area contributed by atoms with Crippen LogP contribution in [0.2, 0.25) is 0 Å². The predicted molar refractivity (Wildman–Crippen MR) is 42.7 cm³/mol. The van der Waals surface area contributed by atoms with Crippen LogP contribution in [0.3, 0.4) is 0 Å². The van der Waals surface area contributed by atoms with Crippen LogP contribution in [-0.4, -0.2) is 22.7 Å². The average molecular weight is 199 g/mol. The molecule has 0 aromatic heterocycles. The van der Waals surface area contributed by atoms with Gasteiger partial charge in [-0.15, -0.1) is 23.2 Å². The summed E-state index contributed by atoms with van der Waals surface area (Å²) >= 11 is 10.9. The molecule has 0 aliphatic heterocycles. The number of carbonyl (C=O) groups is 2. The second-order valence-electron chi connectivity index (χ2n) is 2.15. The molecule has 6 heteroatoms. The maximum absolute atomic E-state index is 10.9. The topological polar surface area (TPSA) is 72.2 Å². The molecular formula is C5H8Cl2N2O2. The van der Waals surface area contributed by atoms with Gasteiger partial charge in [-0.05, 0) is 6.92 Å². The molecule has 0 rings (SSSR count). The number of amides is 3. The Hall–Kier alpha value is -0.480. The predicted octanol–water partition coefficient (Wildman–Crippen LogP) is 0.418. The Morgan fingerprint density at radius 1 is 1.64 bits per heavy atom. The van der Waals surface area contributed by atoms with Crippen molar-refractivity contribution in [3.8, 4) is 0 Å². The molecule has 4 nitrogen and oxygen atoms in total. The molecule has 11 heavy (non-hydrogen) atoms. The zero-order chi connectivity index (χ0) is 9.07. The third kappa shape index (κ3) is 3.43. The molecule has 0 aromatic rings. The Labute approximate surface area is 74.0 Å². The molecular weight excluding hydrogens is 191 g/mol. The molecule has 0 saturated carbocycles. The Morgan fingerprint density at radius 3 is 2.36 bits per heavy atom. The molecule has 3 amide bonds. The van der Waals surface area contributed by atoms with E-state index in [4.69, 9.17) is 23.2 Å². The first-order chi connectivity index (χ1) is 4.90. The van der Waals surface area contributed by atoms with Gasteiger partial charge in [0.1, 0.15) is 4.87 Å². The summed E-state index contributed by atoms with van der Waals surface area (Å²) in [5.74, 6) is -0.783. The highest BCUT2D eigenvalue weighted by molar-refractivity contribution is 6.40. The van der Waals surface area contributed by atoms with E-state index in [1.54, 1.807) is 0 Å². The van der Waals surface area contributed by atoms with Crippen LogP contribution in [0.25, 0.3) is 0 Å². The van der Waals surface area contributed by atoms with Gasteiger partial charge in [0, 0.05) is 0 Å². The van der Waals surface area contributed by atoms with E-state index in [9.17, 15) is 9.59 Å². The van der Waals surface area contributed by atoms with E-state index < -0.39 is 16.8 Å². The summed E-state index contributed by atoms with van der Waals surface area (Å²) in [6.45, 7) is 1.39. The molecule has 3 N–H and O–H groups in total. The molecule has 0 bridgehead atoms. The van der Waals surface area contributed by atoms with Gasteiger partial charge in [-0.1, -0.05) is 0 Å². The molecule has 0 spiro atoms. The Balaban J connectivity index is 4.13. The van der Waals surface area contributed by atoms with E-state index in [1.807, 2.05) is 5.32 Å². The number of hydrogen-bond donors (Lipinski definition) is 2. The largest absolute Gasteiger partial charge is 0.351 e. The Bertz CT molecular complexity index is 181. The average Bonchev–Trinajstić information content (AvgIpc) is 1.86. The minimum atomic E-state index is -1.28. The van der Waals surface area contributed by atoms with Crippen molar-refractivity contribution < 1.29 is 9.59 Å². The van der Waals surface area contributed by atoms with Gasteiger partial charge in [0.2, 0.25) is 5.91 Å². The maximum Gasteiger partial charge on any atom is 0.318 e. The summed E-state index contributed by atoms with van der Waals surface area (Å²) in [4.78, 5) is 19.8. The first-order valence-electron chi connectivity index (χ1n) is 2.76. The molecule has 0 aliphatic rings. The fourth-order valence-electron chi connectivity index (χ4n) is 0.303. The summed E-state index contributed by atoms with van der Waals surface area (Å²) in [5.41, 5.74) is 4.67. The normalized spacial score (nSPS) is 15.2. The van der Waals surface area contributed by atoms with Gasteiger partial charge in [-0.2, -0.15) is 0 Å². The summed E-state index contributed by atoms with van der Waals surface area (Å²) < 4.78 is 0. The van der Waals surface area contributed by atoms with Crippen LogP contribution < -0.4 is 11.1 Å².